The van der Waals surface area contributed by atoms with E-state index >= 15 is 0 Å². The summed E-state index contributed by atoms with van der Waals surface area (Å²) in [7, 11) is 2.97. The van der Waals surface area contributed by atoms with Crippen LogP contribution in [0.5, 0.6) is 0 Å². The standard InChI is InChI=1S/C19H18F3N3O3S/c1-25(2)18(28)24-16(27)14-12-7-4-8-13(12)29-17(14)23-15(26)10-5-3-6-11(9-10)19(20,21)22/h3,5-6,9H,4,7-8H2,1-2H3,(H,23,26)(H,24,27,28). The van der Waals surface area contributed by atoms with E-state index in [1.165, 1.54) is 36.4 Å². The monoisotopic (exact) mass is 425 g/mol. The number of aryl methyl sites for hydroxylation is 1. The average Bonchev–Trinajstić information content (AvgIpc) is 3.21. The fraction of sp³-hybridized carbons (Fsp3) is 0.316. The number of benzene rings is 1. The van der Waals surface area contributed by atoms with Gasteiger partial charge in [0.1, 0.15) is 5.00 Å². The summed E-state index contributed by atoms with van der Waals surface area (Å²) >= 11 is 1.21. The molecule has 4 amide bonds. The highest BCUT2D eigenvalue weighted by Gasteiger charge is 2.32. The van der Waals surface area contributed by atoms with Crippen molar-refractivity contribution < 1.29 is 27.6 Å². The Morgan fingerprint density at radius 1 is 1.10 bits per heavy atom. The number of nitrogens with one attached hydrogen (secondary N) is 2. The summed E-state index contributed by atoms with van der Waals surface area (Å²) in [5.41, 5.74) is -0.158. The van der Waals surface area contributed by atoms with Crippen molar-refractivity contribution in [1.29, 1.82) is 0 Å². The maximum Gasteiger partial charge on any atom is 0.416 e. The molecule has 1 aliphatic rings. The third kappa shape index (κ3) is 4.42. The lowest BCUT2D eigenvalue weighted by Gasteiger charge is -2.13. The van der Waals surface area contributed by atoms with Crippen molar-refractivity contribution in [3.63, 3.8) is 0 Å². The van der Waals surface area contributed by atoms with Crippen molar-refractivity contribution in [2.24, 2.45) is 0 Å². The summed E-state index contributed by atoms with van der Waals surface area (Å²) in [6.45, 7) is 0. The zero-order valence-electron chi connectivity index (χ0n) is 15.6. The van der Waals surface area contributed by atoms with Crippen molar-refractivity contribution in [3.05, 3.63) is 51.4 Å². The van der Waals surface area contributed by atoms with E-state index in [9.17, 15) is 27.6 Å². The second kappa shape index (κ2) is 7.86. The van der Waals surface area contributed by atoms with Gasteiger partial charge in [0.2, 0.25) is 0 Å². The Morgan fingerprint density at radius 2 is 1.83 bits per heavy atom. The summed E-state index contributed by atoms with van der Waals surface area (Å²) in [4.78, 5) is 39.2. The van der Waals surface area contributed by atoms with E-state index in [4.69, 9.17) is 0 Å². The SMILES string of the molecule is CN(C)C(=O)NC(=O)c1c(NC(=O)c2cccc(C(F)(F)F)c2)sc2c1CCC2. The first-order chi connectivity index (χ1) is 13.6. The number of urea groups is 1. The van der Waals surface area contributed by atoms with Crippen LogP contribution in [0, 0.1) is 0 Å². The largest absolute Gasteiger partial charge is 0.416 e. The number of rotatable bonds is 3. The molecule has 6 nitrogen and oxygen atoms in total. The summed E-state index contributed by atoms with van der Waals surface area (Å²) in [5, 5.41) is 5.02. The fourth-order valence-electron chi connectivity index (χ4n) is 3.02. The molecule has 2 aromatic rings. The van der Waals surface area contributed by atoms with E-state index < -0.39 is 29.6 Å². The number of halogens is 3. The zero-order valence-corrected chi connectivity index (χ0v) is 16.5. The first kappa shape index (κ1) is 20.8. The number of imide groups is 1. The molecule has 1 heterocycles. The van der Waals surface area contributed by atoms with E-state index in [1.54, 1.807) is 0 Å². The molecule has 0 fully saturated rings. The van der Waals surface area contributed by atoms with Crippen molar-refractivity contribution in [2.45, 2.75) is 25.4 Å². The van der Waals surface area contributed by atoms with Gasteiger partial charge in [-0.1, -0.05) is 6.07 Å². The predicted octanol–water partition coefficient (Wildman–Crippen LogP) is 3.92. The van der Waals surface area contributed by atoms with Crippen LogP contribution in [-0.2, 0) is 19.0 Å². The zero-order chi connectivity index (χ0) is 21.3. The lowest BCUT2D eigenvalue weighted by molar-refractivity contribution is -0.137. The number of hydrogen-bond donors (Lipinski definition) is 2. The van der Waals surface area contributed by atoms with Gasteiger partial charge in [0.15, 0.2) is 0 Å². The number of carbonyl (C=O) groups is 3. The van der Waals surface area contributed by atoms with Crippen LogP contribution in [0.15, 0.2) is 24.3 Å². The van der Waals surface area contributed by atoms with Crippen LogP contribution in [0.4, 0.5) is 23.0 Å². The molecule has 0 unspecified atom stereocenters. The van der Waals surface area contributed by atoms with Gasteiger partial charge < -0.3 is 10.2 Å². The minimum Gasteiger partial charge on any atom is -0.331 e. The molecule has 0 saturated carbocycles. The molecule has 0 atom stereocenters. The Morgan fingerprint density at radius 3 is 2.48 bits per heavy atom. The first-order valence-electron chi connectivity index (χ1n) is 8.73. The van der Waals surface area contributed by atoms with Crippen LogP contribution in [-0.4, -0.2) is 36.8 Å². The molecule has 2 N–H and O–H groups in total. The van der Waals surface area contributed by atoms with Crippen LogP contribution >= 0.6 is 11.3 Å². The van der Waals surface area contributed by atoms with Gasteiger partial charge in [-0.05, 0) is 43.0 Å². The van der Waals surface area contributed by atoms with Crippen molar-refractivity contribution >= 4 is 34.2 Å². The Labute approximate surface area is 168 Å². The van der Waals surface area contributed by atoms with E-state index in [0.29, 0.717) is 6.42 Å². The van der Waals surface area contributed by atoms with Gasteiger partial charge in [-0.3, -0.25) is 14.9 Å². The quantitative estimate of drug-likeness (QED) is 0.783. The average molecular weight is 425 g/mol. The second-order valence-electron chi connectivity index (χ2n) is 6.75. The molecule has 1 aromatic heterocycles. The Bertz CT molecular complexity index is 983. The summed E-state index contributed by atoms with van der Waals surface area (Å²) in [6, 6.07) is 3.44. The lowest BCUT2D eigenvalue weighted by atomic mass is 10.1. The highest BCUT2D eigenvalue weighted by Crippen LogP contribution is 2.39. The Hall–Kier alpha value is -2.88. The van der Waals surface area contributed by atoms with Gasteiger partial charge in [0.25, 0.3) is 11.8 Å². The second-order valence-corrected chi connectivity index (χ2v) is 7.85. The van der Waals surface area contributed by atoms with Gasteiger partial charge >= 0.3 is 12.2 Å². The van der Waals surface area contributed by atoms with Crippen LogP contribution in [0.3, 0.4) is 0 Å². The summed E-state index contributed by atoms with van der Waals surface area (Å²) in [6.07, 6.45) is -2.35. The normalized spacial score (nSPS) is 13.0. The number of amides is 4. The Kier molecular flexibility index (Phi) is 5.65. The van der Waals surface area contributed by atoms with E-state index in [1.807, 2.05) is 0 Å². The summed E-state index contributed by atoms with van der Waals surface area (Å²) in [5.74, 6) is -1.41. The molecule has 3 rings (SSSR count). The number of fused-ring (bicyclic) bond motifs is 1. The highest BCUT2D eigenvalue weighted by atomic mass is 32.1. The number of thiophene rings is 1. The van der Waals surface area contributed by atoms with Crippen LogP contribution in [0.2, 0.25) is 0 Å². The third-order valence-electron chi connectivity index (χ3n) is 4.45. The minimum atomic E-state index is -4.57. The molecular formula is C19H18F3N3O3S. The smallest absolute Gasteiger partial charge is 0.331 e. The molecule has 1 aliphatic carbocycles. The number of carbonyl (C=O) groups excluding carboxylic acids is 3. The lowest BCUT2D eigenvalue weighted by Crippen LogP contribution is -2.39. The maximum atomic E-state index is 12.9. The van der Waals surface area contributed by atoms with Gasteiger partial charge in [-0.2, -0.15) is 13.2 Å². The molecule has 154 valence electrons. The topological polar surface area (TPSA) is 78.5 Å². The molecule has 29 heavy (non-hydrogen) atoms. The van der Waals surface area contributed by atoms with Crippen LogP contribution in [0.25, 0.3) is 0 Å². The van der Waals surface area contributed by atoms with Crippen molar-refractivity contribution in [1.82, 2.24) is 10.2 Å². The van der Waals surface area contributed by atoms with E-state index in [0.717, 1.165) is 41.5 Å². The molecule has 10 heteroatoms. The van der Waals surface area contributed by atoms with Crippen LogP contribution < -0.4 is 10.6 Å². The van der Waals surface area contributed by atoms with E-state index in [-0.39, 0.29) is 16.1 Å². The molecule has 0 aliphatic heterocycles. The maximum absolute atomic E-state index is 12.9. The number of hydrogen-bond acceptors (Lipinski definition) is 4. The van der Waals surface area contributed by atoms with E-state index in [2.05, 4.69) is 10.6 Å². The molecule has 1 aromatic carbocycles. The fourth-order valence-corrected chi connectivity index (χ4v) is 4.30. The van der Waals surface area contributed by atoms with Gasteiger partial charge in [-0.25, -0.2) is 4.79 Å². The predicted molar refractivity (Wildman–Crippen MR) is 102 cm³/mol. The number of alkyl halides is 3. The number of nitrogens with zero attached hydrogens (tertiary/aromatic N) is 1. The third-order valence-corrected chi connectivity index (χ3v) is 5.66. The number of anilines is 1. The molecular weight excluding hydrogens is 407 g/mol. The highest BCUT2D eigenvalue weighted by molar-refractivity contribution is 7.17. The summed E-state index contributed by atoms with van der Waals surface area (Å²) < 4.78 is 38.7. The molecule has 0 saturated heterocycles. The molecule has 0 spiro atoms. The Balaban J connectivity index is 1.89. The van der Waals surface area contributed by atoms with Gasteiger partial charge in [-0.15, -0.1) is 11.3 Å². The molecule has 0 bridgehead atoms. The minimum absolute atomic E-state index is 0.177. The first-order valence-corrected chi connectivity index (χ1v) is 9.55. The molecule has 0 radical (unpaired) electrons. The van der Waals surface area contributed by atoms with Crippen LogP contribution in [0.1, 0.15) is 43.1 Å². The van der Waals surface area contributed by atoms with Gasteiger partial charge in [0.05, 0.1) is 11.1 Å². The van der Waals surface area contributed by atoms with Crippen molar-refractivity contribution in [2.75, 3.05) is 19.4 Å². The van der Waals surface area contributed by atoms with Gasteiger partial charge in [0, 0.05) is 24.5 Å². The van der Waals surface area contributed by atoms with Crippen molar-refractivity contribution in [3.8, 4) is 0 Å².